The van der Waals surface area contributed by atoms with E-state index in [0.717, 1.165) is 5.56 Å². The molecule has 0 heterocycles. The Bertz CT molecular complexity index is 301. The summed E-state index contributed by atoms with van der Waals surface area (Å²) < 4.78 is 0. The first-order valence-corrected chi connectivity index (χ1v) is 3.44. The Labute approximate surface area is 70.5 Å². The molecule has 0 amide bonds. The van der Waals surface area contributed by atoms with Gasteiger partial charge in [0.1, 0.15) is 0 Å². The van der Waals surface area contributed by atoms with Gasteiger partial charge in [-0.2, -0.15) is 0 Å². The first kappa shape index (κ1) is 8.46. The first-order valence-electron chi connectivity index (χ1n) is 3.44. The first-order chi connectivity index (χ1) is 5.74. The zero-order valence-electron chi connectivity index (χ0n) is 6.43. The third-order valence-electron chi connectivity index (χ3n) is 1.41. The molecular formula is C9H8NO2. The Kier molecular flexibility index (Phi) is 2.58. The summed E-state index contributed by atoms with van der Waals surface area (Å²) in [6, 6.07) is 6.30. The normalized spacial score (nSPS) is 10.4. The van der Waals surface area contributed by atoms with Gasteiger partial charge in [0, 0.05) is 12.1 Å². The average Bonchev–Trinajstić information content (AvgIpc) is 2.06. The maximum Gasteiger partial charge on any atom is 0.269 e. The maximum atomic E-state index is 10.2. The molecule has 1 radical (unpaired) electrons. The van der Waals surface area contributed by atoms with Gasteiger partial charge in [-0.1, -0.05) is 12.2 Å². The molecule has 0 aliphatic rings. The molecule has 1 rings (SSSR count). The van der Waals surface area contributed by atoms with E-state index in [1.807, 2.05) is 0 Å². The zero-order valence-corrected chi connectivity index (χ0v) is 6.43. The number of hydrogen-bond acceptors (Lipinski definition) is 2. The van der Waals surface area contributed by atoms with Crippen molar-refractivity contribution in [2.75, 3.05) is 0 Å². The van der Waals surface area contributed by atoms with Gasteiger partial charge in [0.15, 0.2) is 0 Å². The third-order valence-corrected chi connectivity index (χ3v) is 1.41. The van der Waals surface area contributed by atoms with Gasteiger partial charge in [-0.3, -0.25) is 10.1 Å². The number of allylic oxidation sites excluding steroid dienone is 1. The predicted octanol–water partition coefficient (Wildman–Crippen LogP) is 2.44. The van der Waals surface area contributed by atoms with Crippen LogP contribution in [-0.2, 0) is 0 Å². The minimum Gasteiger partial charge on any atom is -0.258 e. The minimum atomic E-state index is -0.419. The molecule has 0 aliphatic heterocycles. The van der Waals surface area contributed by atoms with E-state index in [9.17, 15) is 10.1 Å². The number of non-ortho nitro benzene ring substituents is 1. The van der Waals surface area contributed by atoms with E-state index in [1.54, 1.807) is 24.3 Å². The average molecular weight is 162 g/mol. The lowest BCUT2D eigenvalue weighted by Crippen LogP contribution is -1.86. The van der Waals surface area contributed by atoms with Gasteiger partial charge in [-0.05, 0) is 24.6 Å². The Balaban J connectivity index is 2.93. The van der Waals surface area contributed by atoms with E-state index in [0.29, 0.717) is 0 Å². The van der Waals surface area contributed by atoms with Gasteiger partial charge in [-0.15, -0.1) is 0 Å². The van der Waals surface area contributed by atoms with E-state index in [-0.39, 0.29) is 5.69 Å². The fraction of sp³-hybridized carbons (Fsp3) is 0. The molecule has 61 valence electrons. The second-order valence-corrected chi connectivity index (χ2v) is 2.25. The minimum absolute atomic E-state index is 0.108. The molecule has 0 spiro atoms. The molecule has 0 fully saturated rings. The Morgan fingerprint density at radius 3 is 2.33 bits per heavy atom. The predicted molar refractivity (Wildman–Crippen MR) is 47.5 cm³/mol. The Hall–Kier alpha value is -1.64. The van der Waals surface area contributed by atoms with Crippen LogP contribution in [-0.4, -0.2) is 4.92 Å². The van der Waals surface area contributed by atoms with Crippen LogP contribution in [0.3, 0.4) is 0 Å². The molecule has 0 aliphatic carbocycles. The SMILES string of the molecule is [CH2]/C=C/c1ccc([N+](=O)[O-])cc1. The molecule has 0 saturated carbocycles. The summed E-state index contributed by atoms with van der Waals surface area (Å²) in [6.07, 6.45) is 3.42. The highest BCUT2D eigenvalue weighted by atomic mass is 16.6. The molecule has 3 nitrogen and oxygen atoms in total. The Morgan fingerprint density at radius 2 is 1.92 bits per heavy atom. The molecule has 3 heteroatoms. The van der Waals surface area contributed by atoms with Gasteiger partial charge in [0.05, 0.1) is 4.92 Å². The lowest BCUT2D eigenvalue weighted by Gasteiger charge is -1.91. The van der Waals surface area contributed by atoms with E-state index in [2.05, 4.69) is 6.92 Å². The van der Waals surface area contributed by atoms with Crippen molar-refractivity contribution in [3.63, 3.8) is 0 Å². The van der Waals surface area contributed by atoms with Crippen LogP contribution in [0, 0.1) is 17.0 Å². The second kappa shape index (κ2) is 3.67. The number of hydrogen-bond donors (Lipinski definition) is 0. The molecule has 0 unspecified atom stereocenters. The largest absolute Gasteiger partial charge is 0.269 e. The third kappa shape index (κ3) is 1.92. The number of nitro benzene ring substituents is 1. The maximum absolute atomic E-state index is 10.2. The van der Waals surface area contributed by atoms with E-state index < -0.39 is 4.92 Å². The van der Waals surface area contributed by atoms with Crippen LogP contribution in [0.1, 0.15) is 5.56 Å². The number of nitrogens with zero attached hydrogens (tertiary/aromatic N) is 1. The number of benzene rings is 1. The lowest BCUT2D eigenvalue weighted by atomic mass is 10.2. The van der Waals surface area contributed by atoms with Gasteiger partial charge < -0.3 is 0 Å². The van der Waals surface area contributed by atoms with Crippen LogP contribution in [0.15, 0.2) is 30.3 Å². The fourth-order valence-corrected chi connectivity index (χ4v) is 0.843. The van der Waals surface area contributed by atoms with Gasteiger partial charge in [-0.25, -0.2) is 0 Å². The lowest BCUT2D eigenvalue weighted by molar-refractivity contribution is -0.384. The van der Waals surface area contributed by atoms with Gasteiger partial charge in [0.2, 0.25) is 0 Å². The van der Waals surface area contributed by atoms with Crippen molar-refractivity contribution in [1.82, 2.24) is 0 Å². The highest BCUT2D eigenvalue weighted by Gasteiger charge is 2.01. The van der Waals surface area contributed by atoms with Crippen molar-refractivity contribution in [1.29, 1.82) is 0 Å². The van der Waals surface area contributed by atoms with Crippen molar-refractivity contribution in [2.45, 2.75) is 0 Å². The van der Waals surface area contributed by atoms with Crippen LogP contribution in [0.5, 0.6) is 0 Å². The highest BCUT2D eigenvalue weighted by Crippen LogP contribution is 2.12. The van der Waals surface area contributed by atoms with E-state index >= 15 is 0 Å². The summed E-state index contributed by atoms with van der Waals surface area (Å²) in [5.41, 5.74) is 1.02. The van der Waals surface area contributed by atoms with Crippen molar-refractivity contribution >= 4 is 11.8 Å². The smallest absolute Gasteiger partial charge is 0.258 e. The molecule has 0 atom stereocenters. The molecule has 12 heavy (non-hydrogen) atoms. The summed E-state index contributed by atoms with van der Waals surface area (Å²) in [7, 11) is 0. The second-order valence-electron chi connectivity index (χ2n) is 2.25. The summed E-state index contributed by atoms with van der Waals surface area (Å²) in [5.74, 6) is 0. The van der Waals surface area contributed by atoms with Crippen LogP contribution < -0.4 is 0 Å². The van der Waals surface area contributed by atoms with Crippen LogP contribution >= 0.6 is 0 Å². The van der Waals surface area contributed by atoms with Gasteiger partial charge >= 0.3 is 0 Å². The van der Waals surface area contributed by atoms with Crippen LogP contribution in [0.2, 0.25) is 0 Å². The van der Waals surface area contributed by atoms with Crippen LogP contribution in [0.4, 0.5) is 5.69 Å². The fourth-order valence-electron chi connectivity index (χ4n) is 0.843. The summed E-state index contributed by atoms with van der Waals surface area (Å²) in [5, 5.41) is 10.2. The van der Waals surface area contributed by atoms with Crippen molar-refractivity contribution < 1.29 is 4.92 Å². The molecule has 1 aromatic rings. The summed E-state index contributed by atoms with van der Waals surface area (Å²) >= 11 is 0. The molecule has 0 saturated heterocycles. The molecule has 0 N–H and O–H groups in total. The van der Waals surface area contributed by atoms with Crippen molar-refractivity contribution in [3.8, 4) is 0 Å². The Morgan fingerprint density at radius 1 is 1.33 bits per heavy atom. The molecular weight excluding hydrogens is 154 g/mol. The number of nitro groups is 1. The van der Waals surface area contributed by atoms with E-state index in [4.69, 9.17) is 0 Å². The van der Waals surface area contributed by atoms with Gasteiger partial charge in [0.25, 0.3) is 5.69 Å². The zero-order chi connectivity index (χ0) is 8.97. The standard InChI is InChI=1S/C9H8NO2/c1-2-3-8-4-6-9(7-5-8)10(11)12/h2-7H,1H2/b3-2+. The topological polar surface area (TPSA) is 43.1 Å². The van der Waals surface area contributed by atoms with Crippen LogP contribution in [0.25, 0.3) is 6.08 Å². The van der Waals surface area contributed by atoms with Crippen molar-refractivity contribution in [3.05, 3.63) is 52.9 Å². The van der Waals surface area contributed by atoms with Crippen molar-refractivity contribution in [2.24, 2.45) is 0 Å². The summed E-state index contributed by atoms with van der Waals surface area (Å²) in [6.45, 7) is 3.52. The summed E-state index contributed by atoms with van der Waals surface area (Å²) in [4.78, 5) is 9.83. The highest BCUT2D eigenvalue weighted by molar-refractivity contribution is 5.51. The monoisotopic (exact) mass is 162 g/mol. The molecule has 1 aromatic carbocycles. The molecule has 0 bridgehead atoms. The quantitative estimate of drug-likeness (QED) is 0.495. The van der Waals surface area contributed by atoms with E-state index in [1.165, 1.54) is 12.1 Å². The number of rotatable bonds is 2. The molecule has 0 aromatic heterocycles.